The number of carbonyl (C=O) groups excluding carboxylic acids is 1. The first kappa shape index (κ1) is 14.5. The number of nitrogens with one attached hydrogen (secondary N) is 1. The van der Waals surface area contributed by atoms with Gasteiger partial charge in [-0.25, -0.2) is 4.79 Å². The summed E-state index contributed by atoms with van der Waals surface area (Å²) in [5, 5.41) is 2.73. The van der Waals surface area contributed by atoms with Gasteiger partial charge in [0.05, 0.1) is 0 Å². The van der Waals surface area contributed by atoms with Gasteiger partial charge < -0.3 is 19.5 Å². The molecule has 0 saturated heterocycles. The fourth-order valence-corrected chi connectivity index (χ4v) is 1.87. The number of ether oxygens (including phenoxy) is 3. The summed E-state index contributed by atoms with van der Waals surface area (Å²) in [7, 11) is 0. The molecule has 1 aliphatic heterocycles. The average molecular weight is 279 g/mol. The number of hydrogen-bond acceptors (Lipinski definition) is 4. The number of benzene rings is 1. The number of amides is 1. The molecule has 2 rings (SSSR count). The van der Waals surface area contributed by atoms with Crippen molar-refractivity contribution >= 4 is 6.09 Å². The molecule has 20 heavy (non-hydrogen) atoms. The Bertz CT molecular complexity index is 479. The second-order valence-electron chi connectivity index (χ2n) is 5.66. The summed E-state index contributed by atoms with van der Waals surface area (Å²) in [5.41, 5.74) is 0.617. The Hall–Kier alpha value is -1.91. The molecule has 1 amide bonds. The van der Waals surface area contributed by atoms with Crippen LogP contribution in [0, 0.1) is 0 Å². The highest BCUT2D eigenvalue weighted by Crippen LogP contribution is 2.30. The lowest BCUT2D eigenvalue weighted by Gasteiger charge is -2.20. The van der Waals surface area contributed by atoms with Crippen LogP contribution in [-0.2, 0) is 11.2 Å². The SMILES string of the molecule is CC(C)(C)OC(=O)NCCc1ccc2c(c1)OCCO2. The van der Waals surface area contributed by atoms with Crippen LogP contribution in [-0.4, -0.2) is 31.5 Å². The van der Waals surface area contributed by atoms with Gasteiger partial charge in [-0.1, -0.05) is 6.07 Å². The van der Waals surface area contributed by atoms with Gasteiger partial charge in [0, 0.05) is 6.54 Å². The van der Waals surface area contributed by atoms with E-state index < -0.39 is 11.7 Å². The Morgan fingerprint density at radius 2 is 1.95 bits per heavy atom. The van der Waals surface area contributed by atoms with E-state index in [9.17, 15) is 4.79 Å². The van der Waals surface area contributed by atoms with Crippen LogP contribution in [0.2, 0.25) is 0 Å². The van der Waals surface area contributed by atoms with Gasteiger partial charge in [0.1, 0.15) is 18.8 Å². The molecule has 1 heterocycles. The summed E-state index contributed by atoms with van der Waals surface area (Å²) in [6, 6.07) is 5.83. The fourth-order valence-electron chi connectivity index (χ4n) is 1.87. The maximum atomic E-state index is 11.5. The van der Waals surface area contributed by atoms with Crippen molar-refractivity contribution in [3.05, 3.63) is 23.8 Å². The molecule has 0 aromatic heterocycles. The van der Waals surface area contributed by atoms with Gasteiger partial charge in [-0.3, -0.25) is 0 Å². The van der Waals surface area contributed by atoms with Crippen LogP contribution >= 0.6 is 0 Å². The first-order valence-corrected chi connectivity index (χ1v) is 6.79. The Morgan fingerprint density at radius 3 is 2.65 bits per heavy atom. The first-order valence-electron chi connectivity index (χ1n) is 6.79. The number of carbonyl (C=O) groups is 1. The van der Waals surface area contributed by atoms with Crippen molar-refractivity contribution < 1.29 is 19.0 Å². The Kier molecular flexibility index (Phi) is 4.37. The summed E-state index contributed by atoms with van der Waals surface area (Å²) < 4.78 is 16.2. The summed E-state index contributed by atoms with van der Waals surface area (Å²) in [6.45, 7) is 7.21. The molecule has 0 saturated carbocycles. The molecule has 0 fully saturated rings. The summed E-state index contributed by atoms with van der Waals surface area (Å²) in [6.07, 6.45) is 0.325. The van der Waals surface area contributed by atoms with Crippen molar-refractivity contribution in [2.75, 3.05) is 19.8 Å². The standard InChI is InChI=1S/C15H21NO4/c1-15(2,3)20-14(17)16-7-6-11-4-5-12-13(10-11)19-9-8-18-12/h4-5,10H,6-9H2,1-3H3,(H,16,17). The van der Waals surface area contributed by atoms with Gasteiger partial charge in [-0.05, 0) is 44.9 Å². The lowest BCUT2D eigenvalue weighted by Crippen LogP contribution is -2.33. The van der Waals surface area contributed by atoms with Crippen molar-refractivity contribution in [1.29, 1.82) is 0 Å². The maximum absolute atomic E-state index is 11.5. The fraction of sp³-hybridized carbons (Fsp3) is 0.533. The van der Waals surface area contributed by atoms with Crippen molar-refractivity contribution in [2.45, 2.75) is 32.8 Å². The van der Waals surface area contributed by atoms with E-state index in [1.54, 1.807) is 0 Å². The zero-order valence-electron chi connectivity index (χ0n) is 12.2. The van der Waals surface area contributed by atoms with Crippen LogP contribution in [0.1, 0.15) is 26.3 Å². The van der Waals surface area contributed by atoms with E-state index in [0.29, 0.717) is 19.8 Å². The normalized spacial score (nSPS) is 13.8. The predicted molar refractivity (Wildman–Crippen MR) is 75.4 cm³/mol. The Balaban J connectivity index is 1.81. The minimum absolute atomic E-state index is 0.393. The van der Waals surface area contributed by atoms with Gasteiger partial charge in [-0.15, -0.1) is 0 Å². The molecule has 5 heteroatoms. The van der Waals surface area contributed by atoms with Gasteiger partial charge >= 0.3 is 6.09 Å². The van der Waals surface area contributed by atoms with E-state index in [1.807, 2.05) is 39.0 Å². The molecule has 1 aromatic rings. The van der Waals surface area contributed by atoms with Crippen LogP contribution in [0.5, 0.6) is 11.5 Å². The Labute approximate surface area is 119 Å². The molecule has 0 radical (unpaired) electrons. The molecule has 1 aliphatic rings. The third-order valence-corrected chi connectivity index (χ3v) is 2.69. The molecule has 0 aliphatic carbocycles. The highest BCUT2D eigenvalue weighted by Gasteiger charge is 2.16. The van der Waals surface area contributed by atoms with E-state index in [-0.39, 0.29) is 0 Å². The van der Waals surface area contributed by atoms with E-state index >= 15 is 0 Å². The third-order valence-electron chi connectivity index (χ3n) is 2.69. The zero-order valence-corrected chi connectivity index (χ0v) is 12.2. The summed E-state index contributed by atoms with van der Waals surface area (Å²) in [5.74, 6) is 1.55. The Morgan fingerprint density at radius 1 is 1.25 bits per heavy atom. The van der Waals surface area contributed by atoms with E-state index in [0.717, 1.165) is 23.5 Å². The van der Waals surface area contributed by atoms with Crippen molar-refractivity contribution in [1.82, 2.24) is 5.32 Å². The molecule has 0 atom stereocenters. The van der Waals surface area contributed by atoms with Gasteiger partial charge in [-0.2, -0.15) is 0 Å². The van der Waals surface area contributed by atoms with Crippen LogP contribution in [0.25, 0.3) is 0 Å². The van der Waals surface area contributed by atoms with E-state index in [2.05, 4.69) is 5.32 Å². The highest BCUT2D eigenvalue weighted by atomic mass is 16.6. The van der Waals surface area contributed by atoms with Crippen molar-refractivity contribution in [3.63, 3.8) is 0 Å². The van der Waals surface area contributed by atoms with Crippen LogP contribution < -0.4 is 14.8 Å². The number of rotatable bonds is 3. The largest absolute Gasteiger partial charge is 0.486 e. The molecule has 1 aromatic carbocycles. The number of hydrogen-bond donors (Lipinski definition) is 1. The molecule has 0 bridgehead atoms. The van der Waals surface area contributed by atoms with E-state index in [1.165, 1.54) is 0 Å². The lowest BCUT2D eigenvalue weighted by atomic mass is 10.1. The maximum Gasteiger partial charge on any atom is 0.407 e. The van der Waals surface area contributed by atoms with Crippen LogP contribution in [0.3, 0.4) is 0 Å². The molecular weight excluding hydrogens is 258 g/mol. The van der Waals surface area contributed by atoms with Gasteiger partial charge in [0.2, 0.25) is 0 Å². The van der Waals surface area contributed by atoms with Crippen LogP contribution in [0.4, 0.5) is 4.79 Å². The molecule has 0 unspecified atom stereocenters. The first-order chi connectivity index (χ1) is 9.44. The van der Waals surface area contributed by atoms with Crippen LogP contribution in [0.15, 0.2) is 18.2 Å². The second kappa shape index (κ2) is 6.03. The third kappa shape index (κ3) is 4.33. The number of fused-ring (bicyclic) bond motifs is 1. The number of alkyl carbamates (subject to hydrolysis) is 1. The monoisotopic (exact) mass is 279 g/mol. The molecule has 110 valence electrons. The second-order valence-corrected chi connectivity index (χ2v) is 5.66. The predicted octanol–water partition coefficient (Wildman–Crippen LogP) is 2.53. The van der Waals surface area contributed by atoms with E-state index in [4.69, 9.17) is 14.2 Å². The minimum Gasteiger partial charge on any atom is -0.486 e. The van der Waals surface area contributed by atoms with Gasteiger partial charge in [0.25, 0.3) is 0 Å². The lowest BCUT2D eigenvalue weighted by molar-refractivity contribution is 0.0528. The quantitative estimate of drug-likeness (QED) is 0.923. The van der Waals surface area contributed by atoms with Gasteiger partial charge in [0.15, 0.2) is 11.5 Å². The topological polar surface area (TPSA) is 56.8 Å². The molecule has 0 spiro atoms. The summed E-state index contributed by atoms with van der Waals surface area (Å²) in [4.78, 5) is 11.5. The highest BCUT2D eigenvalue weighted by molar-refractivity contribution is 5.67. The molecule has 5 nitrogen and oxygen atoms in total. The van der Waals surface area contributed by atoms with Crippen molar-refractivity contribution in [2.24, 2.45) is 0 Å². The molecule has 1 N–H and O–H groups in total. The average Bonchev–Trinajstić information content (AvgIpc) is 2.36. The summed E-state index contributed by atoms with van der Waals surface area (Å²) >= 11 is 0. The minimum atomic E-state index is -0.471. The molecular formula is C15H21NO4. The zero-order chi connectivity index (χ0) is 14.6. The smallest absolute Gasteiger partial charge is 0.407 e. The van der Waals surface area contributed by atoms with Crippen molar-refractivity contribution in [3.8, 4) is 11.5 Å².